The standard InChI is InChI=1S/C18H29N/c1-5-19-18-10-9-13(2)11-16(18)12-17-14(3)7-6-8-15(17)4/h6-8,13,16,18-19H,5,9-12H2,1-4H3. The van der Waals surface area contributed by atoms with Gasteiger partial charge in [-0.3, -0.25) is 0 Å². The summed E-state index contributed by atoms with van der Waals surface area (Å²) in [6.45, 7) is 10.3. The van der Waals surface area contributed by atoms with E-state index in [-0.39, 0.29) is 0 Å². The third-order valence-electron chi connectivity index (χ3n) is 4.82. The van der Waals surface area contributed by atoms with Crippen molar-refractivity contribution in [2.24, 2.45) is 11.8 Å². The van der Waals surface area contributed by atoms with Crippen LogP contribution in [0.15, 0.2) is 18.2 Å². The van der Waals surface area contributed by atoms with Crippen LogP contribution in [0.5, 0.6) is 0 Å². The van der Waals surface area contributed by atoms with Crippen molar-refractivity contribution in [2.45, 2.75) is 59.4 Å². The molecule has 1 aliphatic carbocycles. The first-order chi connectivity index (χ1) is 9.11. The smallest absolute Gasteiger partial charge is 0.00985 e. The summed E-state index contributed by atoms with van der Waals surface area (Å²) < 4.78 is 0. The number of hydrogen-bond donors (Lipinski definition) is 1. The molecule has 0 bridgehead atoms. The Morgan fingerprint density at radius 2 is 1.84 bits per heavy atom. The van der Waals surface area contributed by atoms with E-state index in [0.29, 0.717) is 0 Å². The van der Waals surface area contributed by atoms with E-state index in [1.54, 1.807) is 5.56 Å². The average Bonchev–Trinajstić information content (AvgIpc) is 2.37. The second-order valence-corrected chi connectivity index (χ2v) is 6.42. The maximum Gasteiger partial charge on any atom is 0.00985 e. The van der Waals surface area contributed by atoms with E-state index in [0.717, 1.165) is 24.4 Å². The third kappa shape index (κ3) is 3.60. The second-order valence-electron chi connectivity index (χ2n) is 6.42. The molecule has 0 saturated heterocycles. The molecule has 1 aromatic carbocycles. The van der Waals surface area contributed by atoms with Crippen molar-refractivity contribution in [3.8, 4) is 0 Å². The quantitative estimate of drug-likeness (QED) is 0.852. The minimum Gasteiger partial charge on any atom is -0.314 e. The van der Waals surface area contributed by atoms with Gasteiger partial charge in [0, 0.05) is 6.04 Å². The fourth-order valence-corrected chi connectivity index (χ4v) is 3.69. The van der Waals surface area contributed by atoms with Crippen molar-refractivity contribution >= 4 is 0 Å². The zero-order valence-electron chi connectivity index (χ0n) is 13.0. The summed E-state index contributed by atoms with van der Waals surface area (Å²) in [5.74, 6) is 1.70. The van der Waals surface area contributed by atoms with Gasteiger partial charge in [0.2, 0.25) is 0 Å². The highest BCUT2D eigenvalue weighted by molar-refractivity contribution is 5.34. The van der Waals surface area contributed by atoms with Gasteiger partial charge in [-0.15, -0.1) is 0 Å². The Kier molecular flexibility index (Phi) is 5.04. The van der Waals surface area contributed by atoms with Crippen LogP contribution in [0.4, 0.5) is 0 Å². The summed E-state index contributed by atoms with van der Waals surface area (Å²) in [5, 5.41) is 3.71. The van der Waals surface area contributed by atoms with E-state index in [1.807, 2.05) is 0 Å². The van der Waals surface area contributed by atoms with E-state index >= 15 is 0 Å². The van der Waals surface area contributed by atoms with E-state index in [2.05, 4.69) is 51.2 Å². The van der Waals surface area contributed by atoms with Gasteiger partial charge >= 0.3 is 0 Å². The van der Waals surface area contributed by atoms with Gasteiger partial charge in [0.25, 0.3) is 0 Å². The van der Waals surface area contributed by atoms with Crippen LogP contribution in [0.1, 0.15) is 49.8 Å². The second kappa shape index (κ2) is 6.56. The highest BCUT2D eigenvalue weighted by Gasteiger charge is 2.28. The molecule has 1 aromatic rings. The first-order valence-electron chi connectivity index (χ1n) is 7.90. The molecule has 19 heavy (non-hydrogen) atoms. The van der Waals surface area contributed by atoms with Crippen LogP contribution in [0, 0.1) is 25.7 Å². The molecule has 1 nitrogen and oxygen atoms in total. The molecular weight excluding hydrogens is 230 g/mol. The summed E-state index contributed by atoms with van der Waals surface area (Å²) in [4.78, 5) is 0. The summed E-state index contributed by atoms with van der Waals surface area (Å²) in [7, 11) is 0. The molecule has 1 aliphatic rings. The van der Waals surface area contributed by atoms with Crippen molar-refractivity contribution in [1.82, 2.24) is 5.32 Å². The van der Waals surface area contributed by atoms with Crippen LogP contribution >= 0.6 is 0 Å². The van der Waals surface area contributed by atoms with E-state index in [1.165, 1.54) is 36.8 Å². The van der Waals surface area contributed by atoms with Crippen molar-refractivity contribution in [2.75, 3.05) is 6.54 Å². The minimum atomic E-state index is 0.722. The van der Waals surface area contributed by atoms with Crippen LogP contribution in [0.2, 0.25) is 0 Å². The molecule has 2 rings (SSSR count). The topological polar surface area (TPSA) is 12.0 Å². The summed E-state index contributed by atoms with van der Waals surface area (Å²) in [6.07, 6.45) is 5.37. The van der Waals surface area contributed by atoms with Crippen molar-refractivity contribution in [3.05, 3.63) is 34.9 Å². The minimum absolute atomic E-state index is 0.722. The van der Waals surface area contributed by atoms with E-state index in [4.69, 9.17) is 0 Å². The van der Waals surface area contributed by atoms with Gasteiger partial charge in [0.05, 0.1) is 0 Å². The molecule has 0 aromatic heterocycles. The van der Waals surface area contributed by atoms with Gasteiger partial charge in [0.15, 0.2) is 0 Å². The number of aryl methyl sites for hydroxylation is 2. The molecule has 3 atom stereocenters. The van der Waals surface area contributed by atoms with Crippen LogP contribution in [0.25, 0.3) is 0 Å². The fourth-order valence-electron chi connectivity index (χ4n) is 3.69. The predicted octanol–water partition coefficient (Wildman–Crippen LogP) is 4.26. The molecule has 0 radical (unpaired) electrons. The Bertz CT molecular complexity index is 390. The van der Waals surface area contributed by atoms with E-state index < -0.39 is 0 Å². The van der Waals surface area contributed by atoms with Gasteiger partial charge in [-0.2, -0.15) is 0 Å². The van der Waals surface area contributed by atoms with Crippen LogP contribution < -0.4 is 5.32 Å². The highest BCUT2D eigenvalue weighted by Crippen LogP contribution is 2.32. The number of rotatable bonds is 4. The number of hydrogen-bond acceptors (Lipinski definition) is 1. The molecule has 1 heteroatoms. The zero-order valence-corrected chi connectivity index (χ0v) is 13.0. The lowest BCUT2D eigenvalue weighted by Crippen LogP contribution is -2.41. The monoisotopic (exact) mass is 259 g/mol. The largest absolute Gasteiger partial charge is 0.314 e. The molecule has 0 spiro atoms. The van der Waals surface area contributed by atoms with Gasteiger partial charge in [-0.1, -0.05) is 32.0 Å². The SMILES string of the molecule is CCNC1CCC(C)CC1Cc1c(C)cccc1C. The number of benzene rings is 1. The Balaban J connectivity index is 2.14. The van der Waals surface area contributed by atoms with Gasteiger partial charge < -0.3 is 5.32 Å². The molecule has 0 aliphatic heterocycles. The predicted molar refractivity (Wildman–Crippen MR) is 83.6 cm³/mol. The Morgan fingerprint density at radius 3 is 2.47 bits per heavy atom. The maximum absolute atomic E-state index is 3.71. The molecule has 1 fully saturated rings. The van der Waals surface area contributed by atoms with E-state index in [9.17, 15) is 0 Å². The lowest BCUT2D eigenvalue weighted by molar-refractivity contribution is 0.214. The van der Waals surface area contributed by atoms with Crippen molar-refractivity contribution in [1.29, 1.82) is 0 Å². The Morgan fingerprint density at radius 1 is 1.16 bits per heavy atom. The summed E-state index contributed by atoms with van der Waals surface area (Å²) >= 11 is 0. The highest BCUT2D eigenvalue weighted by atomic mass is 14.9. The first kappa shape index (κ1) is 14.6. The molecule has 106 valence electrons. The molecule has 1 saturated carbocycles. The Hall–Kier alpha value is -0.820. The molecule has 1 N–H and O–H groups in total. The lowest BCUT2D eigenvalue weighted by Gasteiger charge is -2.36. The third-order valence-corrected chi connectivity index (χ3v) is 4.82. The number of nitrogens with one attached hydrogen (secondary N) is 1. The summed E-state index contributed by atoms with van der Waals surface area (Å²) in [5.41, 5.74) is 4.52. The van der Waals surface area contributed by atoms with Gasteiger partial charge in [0.1, 0.15) is 0 Å². The molecule has 0 amide bonds. The van der Waals surface area contributed by atoms with Crippen LogP contribution in [-0.4, -0.2) is 12.6 Å². The van der Waals surface area contributed by atoms with Gasteiger partial charge in [-0.25, -0.2) is 0 Å². The average molecular weight is 259 g/mol. The Labute approximate surface area is 118 Å². The molecular formula is C18H29N. The van der Waals surface area contributed by atoms with Crippen LogP contribution in [-0.2, 0) is 6.42 Å². The normalized spacial score (nSPS) is 27.5. The summed E-state index contributed by atoms with van der Waals surface area (Å²) in [6, 6.07) is 7.42. The lowest BCUT2D eigenvalue weighted by atomic mass is 9.75. The molecule has 3 unspecified atom stereocenters. The zero-order chi connectivity index (χ0) is 13.8. The maximum atomic E-state index is 3.71. The van der Waals surface area contributed by atoms with Crippen LogP contribution in [0.3, 0.4) is 0 Å². The first-order valence-corrected chi connectivity index (χ1v) is 7.90. The molecule has 0 heterocycles. The van der Waals surface area contributed by atoms with Crippen molar-refractivity contribution < 1.29 is 0 Å². The van der Waals surface area contributed by atoms with Crippen molar-refractivity contribution in [3.63, 3.8) is 0 Å². The fraction of sp³-hybridized carbons (Fsp3) is 0.667. The van der Waals surface area contributed by atoms with Gasteiger partial charge in [-0.05, 0) is 74.6 Å².